The molecule has 1 fully saturated rings. The Bertz CT molecular complexity index is 950. The molecule has 8 nitrogen and oxygen atoms in total. The average Bonchev–Trinajstić information content (AvgIpc) is 3.25. The molecule has 8 heteroatoms. The van der Waals surface area contributed by atoms with Crippen molar-refractivity contribution in [1.29, 1.82) is 0 Å². The zero-order chi connectivity index (χ0) is 21.1. The topological polar surface area (TPSA) is 112 Å². The fourth-order valence-electron chi connectivity index (χ4n) is 3.43. The van der Waals surface area contributed by atoms with Gasteiger partial charge in [0, 0.05) is 36.4 Å². The van der Waals surface area contributed by atoms with Crippen LogP contribution < -0.4 is 15.5 Å². The van der Waals surface area contributed by atoms with Gasteiger partial charge in [-0.2, -0.15) is 0 Å². The molecule has 1 aliphatic rings. The first-order valence-electron chi connectivity index (χ1n) is 9.51. The van der Waals surface area contributed by atoms with Crippen LogP contribution in [0.3, 0.4) is 0 Å². The van der Waals surface area contributed by atoms with Gasteiger partial charge in [0.1, 0.15) is 11.5 Å². The van der Waals surface area contributed by atoms with E-state index in [1.807, 2.05) is 6.92 Å². The van der Waals surface area contributed by atoms with Crippen molar-refractivity contribution in [3.05, 3.63) is 46.9 Å². The lowest BCUT2D eigenvalue weighted by Gasteiger charge is -2.19. The monoisotopic (exact) mass is 399 g/mol. The van der Waals surface area contributed by atoms with Gasteiger partial charge in [-0.1, -0.05) is 6.07 Å². The Balaban J connectivity index is 1.60. The standard InChI is InChI=1S/C21H25N3O5/c1-12-6-7-15(10-17(12)24-8-4-5-19(24)26)23-21(28)20(27)22-11-18(25)16-9-13(2)29-14(16)3/h6-7,9-10,18,25H,4-5,8,11H2,1-3H3,(H,22,27)(H,23,28). The minimum atomic E-state index is -0.976. The van der Waals surface area contributed by atoms with Gasteiger partial charge in [0.15, 0.2) is 0 Å². The maximum atomic E-state index is 12.2. The van der Waals surface area contributed by atoms with E-state index in [9.17, 15) is 19.5 Å². The molecule has 1 aromatic heterocycles. The molecule has 3 N–H and O–H groups in total. The van der Waals surface area contributed by atoms with Crippen molar-refractivity contribution in [2.45, 2.75) is 39.7 Å². The van der Waals surface area contributed by atoms with Crippen LogP contribution in [0.2, 0.25) is 0 Å². The summed E-state index contributed by atoms with van der Waals surface area (Å²) in [7, 11) is 0. The van der Waals surface area contributed by atoms with E-state index in [0.717, 1.165) is 17.7 Å². The summed E-state index contributed by atoms with van der Waals surface area (Å²) >= 11 is 0. The molecule has 1 atom stereocenters. The Morgan fingerprint density at radius 2 is 1.97 bits per heavy atom. The molecule has 0 spiro atoms. The van der Waals surface area contributed by atoms with Crippen molar-refractivity contribution in [3.8, 4) is 0 Å². The second-order valence-corrected chi connectivity index (χ2v) is 7.20. The quantitative estimate of drug-likeness (QED) is 0.667. The highest BCUT2D eigenvalue weighted by Crippen LogP contribution is 2.28. The fraction of sp³-hybridized carbons (Fsp3) is 0.381. The van der Waals surface area contributed by atoms with Crippen LogP contribution in [0, 0.1) is 20.8 Å². The number of carbonyl (C=O) groups is 3. The highest BCUT2D eigenvalue weighted by molar-refractivity contribution is 6.39. The van der Waals surface area contributed by atoms with Gasteiger partial charge in [-0.05, 0) is 51.0 Å². The van der Waals surface area contributed by atoms with E-state index in [1.165, 1.54) is 0 Å². The summed E-state index contributed by atoms with van der Waals surface area (Å²) in [6, 6.07) is 6.86. The third kappa shape index (κ3) is 4.65. The maximum Gasteiger partial charge on any atom is 0.313 e. The average molecular weight is 399 g/mol. The minimum Gasteiger partial charge on any atom is -0.466 e. The first-order valence-corrected chi connectivity index (χ1v) is 9.51. The van der Waals surface area contributed by atoms with E-state index in [2.05, 4.69) is 10.6 Å². The van der Waals surface area contributed by atoms with E-state index in [0.29, 0.717) is 35.7 Å². The van der Waals surface area contributed by atoms with Crippen LogP contribution in [-0.4, -0.2) is 35.9 Å². The highest BCUT2D eigenvalue weighted by Gasteiger charge is 2.24. The van der Waals surface area contributed by atoms with Crippen LogP contribution in [0.4, 0.5) is 11.4 Å². The lowest BCUT2D eigenvalue weighted by atomic mass is 10.1. The van der Waals surface area contributed by atoms with E-state index >= 15 is 0 Å². The van der Waals surface area contributed by atoms with Gasteiger partial charge in [0.25, 0.3) is 0 Å². The third-order valence-electron chi connectivity index (χ3n) is 4.93. The first kappa shape index (κ1) is 20.6. The third-order valence-corrected chi connectivity index (χ3v) is 4.93. The van der Waals surface area contributed by atoms with Crippen LogP contribution >= 0.6 is 0 Å². The number of furan rings is 1. The van der Waals surface area contributed by atoms with Crippen LogP contribution in [0.1, 0.15) is 41.6 Å². The molecule has 0 radical (unpaired) electrons. The molecule has 3 amide bonds. The summed E-state index contributed by atoms with van der Waals surface area (Å²) in [6.07, 6.45) is 0.336. The number of amides is 3. The zero-order valence-corrected chi connectivity index (χ0v) is 16.7. The summed E-state index contributed by atoms with van der Waals surface area (Å²) in [5, 5.41) is 15.2. The van der Waals surface area contributed by atoms with Crippen molar-refractivity contribution in [1.82, 2.24) is 5.32 Å². The Morgan fingerprint density at radius 3 is 2.59 bits per heavy atom. The van der Waals surface area contributed by atoms with Crippen molar-refractivity contribution in [3.63, 3.8) is 0 Å². The summed E-state index contributed by atoms with van der Waals surface area (Å²) in [5.74, 6) is -0.432. The number of hydrogen-bond acceptors (Lipinski definition) is 5. The lowest BCUT2D eigenvalue weighted by molar-refractivity contribution is -0.136. The minimum absolute atomic E-state index is 0.0492. The number of nitrogens with zero attached hydrogens (tertiary/aromatic N) is 1. The molecule has 1 saturated heterocycles. The van der Waals surface area contributed by atoms with Gasteiger partial charge in [0.05, 0.1) is 6.10 Å². The van der Waals surface area contributed by atoms with Crippen LogP contribution in [0.5, 0.6) is 0 Å². The number of anilines is 2. The number of aryl methyl sites for hydroxylation is 3. The molecule has 2 aromatic rings. The lowest BCUT2D eigenvalue weighted by Crippen LogP contribution is -2.37. The molecule has 1 unspecified atom stereocenters. The number of aliphatic hydroxyl groups is 1. The molecule has 3 rings (SSSR count). The Labute approximate surface area is 168 Å². The van der Waals surface area contributed by atoms with Gasteiger partial charge in [-0.15, -0.1) is 0 Å². The second kappa shape index (κ2) is 8.48. The molecular formula is C21H25N3O5. The van der Waals surface area contributed by atoms with Crippen molar-refractivity contribution in [2.24, 2.45) is 0 Å². The fourth-order valence-corrected chi connectivity index (χ4v) is 3.43. The molecule has 1 aromatic carbocycles. The van der Waals surface area contributed by atoms with Crippen LogP contribution in [0.25, 0.3) is 0 Å². The largest absolute Gasteiger partial charge is 0.466 e. The molecule has 1 aliphatic heterocycles. The number of hydrogen-bond donors (Lipinski definition) is 3. The van der Waals surface area contributed by atoms with Crippen molar-refractivity contribution >= 4 is 29.1 Å². The molecule has 2 heterocycles. The van der Waals surface area contributed by atoms with E-state index in [4.69, 9.17) is 4.42 Å². The Kier molecular flexibility index (Phi) is 6.03. The summed E-state index contributed by atoms with van der Waals surface area (Å²) in [4.78, 5) is 38.0. The van der Waals surface area contributed by atoms with E-state index in [-0.39, 0.29) is 12.5 Å². The zero-order valence-electron chi connectivity index (χ0n) is 16.7. The maximum absolute atomic E-state index is 12.2. The molecular weight excluding hydrogens is 374 g/mol. The smallest absolute Gasteiger partial charge is 0.313 e. The van der Waals surface area contributed by atoms with Crippen molar-refractivity contribution < 1.29 is 23.9 Å². The summed E-state index contributed by atoms with van der Waals surface area (Å²) < 4.78 is 5.36. The molecule has 29 heavy (non-hydrogen) atoms. The molecule has 0 aliphatic carbocycles. The predicted molar refractivity (Wildman–Crippen MR) is 108 cm³/mol. The van der Waals surface area contributed by atoms with Gasteiger partial charge < -0.3 is 25.1 Å². The molecule has 154 valence electrons. The normalized spacial score (nSPS) is 14.8. The van der Waals surface area contributed by atoms with Crippen LogP contribution in [0.15, 0.2) is 28.7 Å². The molecule has 0 saturated carbocycles. The van der Waals surface area contributed by atoms with Gasteiger partial charge in [0.2, 0.25) is 5.91 Å². The van der Waals surface area contributed by atoms with E-state index in [1.54, 1.807) is 43.0 Å². The Morgan fingerprint density at radius 1 is 1.21 bits per heavy atom. The van der Waals surface area contributed by atoms with Crippen molar-refractivity contribution in [2.75, 3.05) is 23.3 Å². The number of aliphatic hydroxyl groups excluding tert-OH is 1. The first-order chi connectivity index (χ1) is 13.8. The van der Waals surface area contributed by atoms with Gasteiger partial charge >= 0.3 is 11.8 Å². The SMILES string of the molecule is Cc1cc(C(O)CNC(=O)C(=O)Nc2ccc(C)c(N3CCCC3=O)c2)c(C)o1. The van der Waals surface area contributed by atoms with Crippen LogP contribution in [-0.2, 0) is 14.4 Å². The number of benzene rings is 1. The predicted octanol–water partition coefficient (Wildman–Crippen LogP) is 2.12. The number of carbonyl (C=O) groups excluding carboxylic acids is 3. The number of rotatable bonds is 5. The summed E-state index contributed by atoms with van der Waals surface area (Å²) in [5.41, 5.74) is 2.64. The molecule has 0 bridgehead atoms. The summed E-state index contributed by atoms with van der Waals surface area (Å²) in [6.45, 7) is 5.90. The van der Waals surface area contributed by atoms with E-state index < -0.39 is 17.9 Å². The highest BCUT2D eigenvalue weighted by atomic mass is 16.3. The number of nitrogens with one attached hydrogen (secondary N) is 2. The van der Waals surface area contributed by atoms with Gasteiger partial charge in [-0.25, -0.2) is 0 Å². The van der Waals surface area contributed by atoms with Gasteiger partial charge in [-0.3, -0.25) is 14.4 Å². The Hall–Kier alpha value is -3.13. The second-order valence-electron chi connectivity index (χ2n) is 7.20.